The number of hydrogen-bond acceptors (Lipinski definition) is 16. The Morgan fingerprint density at radius 3 is 2.07 bits per heavy atom. The van der Waals surface area contributed by atoms with Crippen molar-refractivity contribution < 1.29 is 84.7 Å². The van der Waals surface area contributed by atoms with Crippen molar-refractivity contribution in [3.05, 3.63) is 0 Å². The van der Waals surface area contributed by atoms with Gasteiger partial charge in [-0.1, -0.05) is 0 Å². The molecule has 5 fully saturated rings. The van der Waals surface area contributed by atoms with Gasteiger partial charge in [0.1, 0.15) is 42.7 Å². The Balaban J connectivity index is 1.41. The van der Waals surface area contributed by atoms with Crippen LogP contribution in [-0.2, 0) is 28.5 Å². The normalized spacial score (nSPS) is 53.5. The van der Waals surface area contributed by atoms with E-state index in [4.69, 9.17) is 23.7 Å². The molecule has 3 saturated heterocycles. The van der Waals surface area contributed by atoms with E-state index in [1.54, 1.807) is 0 Å². The maximum atomic E-state index is 11.6. The van der Waals surface area contributed by atoms with Crippen LogP contribution in [0.1, 0.15) is 38.5 Å². The standard InChI is InChI=1S/C27H44O17/c28-7-16-17(33)19(35)24(44-26-21(37)18(34)20(36)23(43-26)25(38)39)27(42-16)41-15-6-10-12(31)4-9(29)5-14(10)40-22(15)8-1-2-11(30)13(32)3-8/h8-24,26-37H,1-7H2,(H,38,39)/t8?,9?,10?,11?,12?,13?,14?,15?,16-,17+,18+,19+,20+,21-,22?,23+,24-,26+,27-/m1/s1. The van der Waals surface area contributed by atoms with Crippen molar-refractivity contribution in [2.24, 2.45) is 11.8 Å². The van der Waals surface area contributed by atoms with Gasteiger partial charge in [-0.05, 0) is 44.4 Å². The Bertz CT molecular complexity index is 973. The van der Waals surface area contributed by atoms with Crippen molar-refractivity contribution in [1.82, 2.24) is 0 Å². The number of carboxylic acid groups (broad SMARTS) is 1. The average molecular weight is 641 g/mol. The van der Waals surface area contributed by atoms with Gasteiger partial charge in [0.25, 0.3) is 0 Å². The topological polar surface area (TPSA) is 286 Å². The number of carbonyl (C=O) groups is 1. The minimum absolute atomic E-state index is 0.106. The molecule has 0 aromatic heterocycles. The van der Waals surface area contributed by atoms with Gasteiger partial charge in [-0.2, -0.15) is 0 Å². The summed E-state index contributed by atoms with van der Waals surface area (Å²) in [5, 5.41) is 113. The first-order valence-electron chi connectivity index (χ1n) is 15.0. The van der Waals surface area contributed by atoms with Crippen LogP contribution < -0.4 is 0 Å². The van der Waals surface area contributed by atoms with Gasteiger partial charge in [-0.25, -0.2) is 4.79 Å². The number of hydrogen-bond donors (Lipinski definition) is 11. The Kier molecular flexibility index (Phi) is 10.8. The summed E-state index contributed by atoms with van der Waals surface area (Å²) in [4.78, 5) is 11.6. The summed E-state index contributed by atoms with van der Waals surface area (Å²) < 4.78 is 29.3. The highest BCUT2D eigenvalue weighted by atomic mass is 16.8. The Labute approximate surface area is 252 Å². The summed E-state index contributed by atoms with van der Waals surface area (Å²) in [7, 11) is 0. The molecule has 2 aliphatic carbocycles. The third-order valence-electron chi connectivity index (χ3n) is 9.72. The molecule has 0 radical (unpaired) electrons. The zero-order chi connectivity index (χ0) is 32.0. The number of ether oxygens (including phenoxy) is 5. The highest BCUT2D eigenvalue weighted by Gasteiger charge is 2.55. The summed E-state index contributed by atoms with van der Waals surface area (Å²) in [6, 6.07) is 0. The lowest BCUT2D eigenvalue weighted by atomic mass is 9.72. The van der Waals surface area contributed by atoms with Crippen molar-refractivity contribution >= 4 is 5.97 Å². The van der Waals surface area contributed by atoms with Crippen LogP contribution in [-0.4, -0.2) is 173 Å². The second-order valence-electron chi connectivity index (χ2n) is 12.7. The van der Waals surface area contributed by atoms with Gasteiger partial charge in [0.05, 0.1) is 49.3 Å². The maximum Gasteiger partial charge on any atom is 0.335 e. The number of carboxylic acids is 1. The molecule has 254 valence electrons. The van der Waals surface area contributed by atoms with Crippen LogP contribution in [0, 0.1) is 11.8 Å². The molecule has 0 aromatic rings. The number of aliphatic hydroxyl groups excluding tert-OH is 10. The lowest BCUT2D eigenvalue weighted by Gasteiger charge is -2.51. The quantitative estimate of drug-likeness (QED) is 0.124. The number of rotatable bonds is 7. The molecule has 0 spiro atoms. The monoisotopic (exact) mass is 640 g/mol. The van der Waals surface area contributed by atoms with E-state index in [2.05, 4.69) is 0 Å². The number of aliphatic hydroxyl groups is 10. The van der Waals surface area contributed by atoms with E-state index in [1.807, 2.05) is 0 Å². The minimum atomic E-state index is -2.02. The van der Waals surface area contributed by atoms with Gasteiger partial charge in [-0.3, -0.25) is 0 Å². The molecule has 0 aromatic carbocycles. The molecule has 17 nitrogen and oxygen atoms in total. The van der Waals surface area contributed by atoms with E-state index in [9.17, 15) is 61.0 Å². The molecule has 2 saturated carbocycles. The molecular weight excluding hydrogens is 596 g/mol. The Morgan fingerprint density at radius 1 is 0.682 bits per heavy atom. The van der Waals surface area contributed by atoms with E-state index in [0.29, 0.717) is 6.42 Å². The Hall–Kier alpha value is -1.13. The third kappa shape index (κ3) is 6.78. The van der Waals surface area contributed by atoms with E-state index in [-0.39, 0.29) is 38.0 Å². The van der Waals surface area contributed by atoms with Gasteiger partial charge in [0.15, 0.2) is 18.7 Å². The molecule has 0 bridgehead atoms. The molecule has 5 rings (SSSR count). The largest absolute Gasteiger partial charge is 0.479 e. The molecule has 19 atom stereocenters. The molecule has 17 heteroatoms. The van der Waals surface area contributed by atoms with Crippen LogP contribution >= 0.6 is 0 Å². The lowest BCUT2D eigenvalue weighted by Crippen LogP contribution is -2.66. The van der Waals surface area contributed by atoms with E-state index in [0.717, 1.165) is 0 Å². The van der Waals surface area contributed by atoms with Gasteiger partial charge >= 0.3 is 5.97 Å². The number of fused-ring (bicyclic) bond motifs is 1. The van der Waals surface area contributed by atoms with Gasteiger partial charge in [0.2, 0.25) is 0 Å². The van der Waals surface area contributed by atoms with Crippen LogP contribution in [0.15, 0.2) is 0 Å². The first-order chi connectivity index (χ1) is 20.8. The molecule has 3 heterocycles. The fourth-order valence-corrected chi connectivity index (χ4v) is 7.21. The second-order valence-corrected chi connectivity index (χ2v) is 12.7. The summed E-state index contributed by atoms with van der Waals surface area (Å²) in [6.07, 6.45) is -22.8. The van der Waals surface area contributed by atoms with Gasteiger partial charge < -0.3 is 79.9 Å². The van der Waals surface area contributed by atoms with Crippen LogP contribution in [0.25, 0.3) is 0 Å². The first kappa shape index (κ1) is 34.2. The van der Waals surface area contributed by atoms with Gasteiger partial charge in [-0.15, -0.1) is 0 Å². The third-order valence-corrected chi connectivity index (χ3v) is 9.72. The fraction of sp³-hybridized carbons (Fsp3) is 0.963. The summed E-state index contributed by atoms with van der Waals surface area (Å²) >= 11 is 0. The predicted octanol–water partition coefficient (Wildman–Crippen LogP) is -5.10. The Morgan fingerprint density at radius 2 is 1.41 bits per heavy atom. The van der Waals surface area contributed by atoms with Crippen molar-refractivity contribution in [1.29, 1.82) is 0 Å². The zero-order valence-corrected chi connectivity index (χ0v) is 23.8. The fourth-order valence-electron chi connectivity index (χ4n) is 7.21. The van der Waals surface area contributed by atoms with Crippen LogP contribution in [0.3, 0.4) is 0 Å². The van der Waals surface area contributed by atoms with Crippen molar-refractivity contribution in [3.8, 4) is 0 Å². The van der Waals surface area contributed by atoms with Crippen LogP contribution in [0.5, 0.6) is 0 Å². The average Bonchev–Trinajstić information content (AvgIpc) is 2.97. The molecular formula is C27H44O17. The van der Waals surface area contributed by atoms with E-state index >= 15 is 0 Å². The first-order valence-corrected chi connectivity index (χ1v) is 15.0. The highest BCUT2D eigenvalue weighted by Crippen LogP contribution is 2.43. The second kappa shape index (κ2) is 13.9. The summed E-state index contributed by atoms with van der Waals surface area (Å²) in [5.74, 6) is -2.50. The molecule has 5 aliphatic rings. The molecule has 3 aliphatic heterocycles. The maximum absolute atomic E-state index is 11.6. The van der Waals surface area contributed by atoms with Crippen molar-refractivity contribution in [2.75, 3.05) is 6.61 Å². The number of aliphatic carboxylic acids is 1. The van der Waals surface area contributed by atoms with Crippen LogP contribution in [0.4, 0.5) is 0 Å². The smallest absolute Gasteiger partial charge is 0.335 e. The molecule has 0 amide bonds. The molecule has 44 heavy (non-hydrogen) atoms. The molecule has 9 unspecified atom stereocenters. The van der Waals surface area contributed by atoms with E-state index in [1.165, 1.54) is 0 Å². The van der Waals surface area contributed by atoms with Crippen LogP contribution in [0.2, 0.25) is 0 Å². The molecule has 11 N–H and O–H groups in total. The van der Waals surface area contributed by atoms with Crippen molar-refractivity contribution in [2.45, 2.75) is 143 Å². The van der Waals surface area contributed by atoms with Gasteiger partial charge in [0, 0.05) is 5.92 Å². The SMILES string of the molecule is O=C(O)[C@H]1O[C@@H](O[C@H]2[C@H](OC3CC4C(O)CC(O)CC4OC3C3CCC(O)C(O)C3)O[C@H](CO)[C@H](O)[C@@H]2O)[C@H](O)[C@@H](O)[C@@H]1O. The van der Waals surface area contributed by atoms with Crippen molar-refractivity contribution in [3.63, 3.8) is 0 Å². The zero-order valence-electron chi connectivity index (χ0n) is 23.8. The summed E-state index contributed by atoms with van der Waals surface area (Å²) in [6.45, 7) is -0.752. The minimum Gasteiger partial charge on any atom is -0.479 e. The van der Waals surface area contributed by atoms with E-state index < -0.39 is 123 Å². The summed E-state index contributed by atoms with van der Waals surface area (Å²) in [5.41, 5.74) is 0. The highest BCUT2D eigenvalue weighted by molar-refractivity contribution is 5.73. The lowest BCUT2D eigenvalue weighted by molar-refractivity contribution is -0.376. The predicted molar refractivity (Wildman–Crippen MR) is 139 cm³/mol.